The third-order valence-electron chi connectivity index (χ3n) is 4.86. The van der Waals surface area contributed by atoms with Crippen LogP contribution in [0, 0.1) is 0 Å². The molecule has 1 amide bonds. The van der Waals surface area contributed by atoms with Crippen molar-refractivity contribution in [1.82, 2.24) is 0 Å². The molecule has 4 aromatic carbocycles. The van der Waals surface area contributed by atoms with Crippen LogP contribution in [0.25, 0.3) is 21.5 Å². The Balaban J connectivity index is 1.77. The Morgan fingerprint density at radius 1 is 0.852 bits per heavy atom. The second kappa shape index (κ2) is 7.04. The molecule has 0 aliphatic carbocycles. The molecule has 0 saturated heterocycles. The fraction of sp³-hybridized carbons (Fsp3) is 0.0833. The molecule has 0 bridgehead atoms. The number of fused-ring (bicyclic) bond motifs is 2. The van der Waals surface area contributed by atoms with Crippen LogP contribution in [0.3, 0.4) is 0 Å². The molecule has 0 N–H and O–H groups in total. The molecule has 27 heavy (non-hydrogen) atoms. The van der Waals surface area contributed by atoms with E-state index in [2.05, 4.69) is 54.6 Å². The molecule has 0 aromatic heterocycles. The van der Waals surface area contributed by atoms with Gasteiger partial charge in [-0.05, 0) is 51.9 Å². The lowest BCUT2D eigenvalue weighted by Crippen LogP contribution is -2.22. The molecule has 0 atom stereocenters. The zero-order valence-corrected chi connectivity index (χ0v) is 15.4. The van der Waals surface area contributed by atoms with Crippen molar-refractivity contribution in [2.45, 2.75) is 6.92 Å². The molecule has 0 heterocycles. The molecule has 0 aliphatic heterocycles. The minimum Gasteiger partial charge on any atom is -0.316 e. The number of amides is 1. The molecule has 0 unspecified atom stereocenters. The number of anilines is 1. The summed E-state index contributed by atoms with van der Waals surface area (Å²) in [5.74, 6) is 0.00785. The Bertz CT molecular complexity index is 1110. The van der Waals surface area contributed by atoms with Crippen LogP contribution in [0.15, 0.2) is 83.9 Å². The largest absolute Gasteiger partial charge is 0.316 e. The summed E-state index contributed by atoms with van der Waals surface area (Å²) in [6.07, 6.45) is 1.94. The average Bonchev–Trinajstić information content (AvgIpc) is 2.71. The van der Waals surface area contributed by atoms with Crippen LogP contribution in [0.2, 0.25) is 0 Å². The number of hydrogen-bond acceptors (Lipinski definition) is 2. The van der Waals surface area contributed by atoms with E-state index in [0.29, 0.717) is 0 Å². The molecule has 0 saturated carbocycles. The predicted octanol–water partition coefficient (Wildman–Crippen LogP) is 5.73. The summed E-state index contributed by atoms with van der Waals surface area (Å²) in [6.45, 7) is 1.55. The summed E-state index contributed by atoms with van der Waals surface area (Å²) >= 11 is 0. The lowest BCUT2D eigenvalue weighted by Gasteiger charge is -2.14. The van der Waals surface area contributed by atoms with Gasteiger partial charge < -0.3 is 4.90 Å². The number of benzene rings is 4. The fourth-order valence-electron chi connectivity index (χ4n) is 3.27. The molecule has 0 spiro atoms. The van der Waals surface area contributed by atoms with Crippen LogP contribution in [0.4, 0.5) is 11.4 Å². The second-order valence-electron chi connectivity index (χ2n) is 6.59. The van der Waals surface area contributed by atoms with E-state index >= 15 is 0 Å². The van der Waals surface area contributed by atoms with Gasteiger partial charge in [0.2, 0.25) is 5.91 Å². The quantitative estimate of drug-likeness (QED) is 0.342. The van der Waals surface area contributed by atoms with Gasteiger partial charge in [-0.1, -0.05) is 48.5 Å². The van der Waals surface area contributed by atoms with Gasteiger partial charge in [0, 0.05) is 31.4 Å². The lowest BCUT2D eigenvalue weighted by atomic mass is 9.97. The summed E-state index contributed by atoms with van der Waals surface area (Å²) < 4.78 is 0. The molecule has 3 heteroatoms. The van der Waals surface area contributed by atoms with Gasteiger partial charge in [-0.15, -0.1) is 0 Å². The number of rotatable bonds is 3. The van der Waals surface area contributed by atoms with Gasteiger partial charge in [0.25, 0.3) is 0 Å². The Labute approximate surface area is 158 Å². The number of hydrogen-bond donors (Lipinski definition) is 0. The SMILES string of the molecule is CC(=O)N(C)c1ccc(N=Cc2c3ccccc3cc3ccccc23)cc1. The first kappa shape index (κ1) is 17.0. The molecule has 4 aromatic rings. The van der Waals surface area contributed by atoms with E-state index in [9.17, 15) is 4.79 Å². The summed E-state index contributed by atoms with van der Waals surface area (Å²) in [5.41, 5.74) is 2.83. The van der Waals surface area contributed by atoms with Gasteiger partial charge >= 0.3 is 0 Å². The first-order valence-electron chi connectivity index (χ1n) is 8.92. The van der Waals surface area contributed by atoms with Gasteiger partial charge in [0.1, 0.15) is 0 Å². The topological polar surface area (TPSA) is 32.7 Å². The summed E-state index contributed by atoms with van der Waals surface area (Å²) in [6, 6.07) is 26.7. The normalized spacial score (nSPS) is 11.3. The van der Waals surface area contributed by atoms with E-state index in [1.54, 1.807) is 18.9 Å². The van der Waals surface area contributed by atoms with E-state index in [0.717, 1.165) is 16.9 Å². The van der Waals surface area contributed by atoms with E-state index in [4.69, 9.17) is 4.99 Å². The lowest BCUT2D eigenvalue weighted by molar-refractivity contribution is -0.116. The van der Waals surface area contributed by atoms with Gasteiger partial charge in [0.15, 0.2) is 0 Å². The van der Waals surface area contributed by atoms with Crippen LogP contribution >= 0.6 is 0 Å². The zero-order valence-electron chi connectivity index (χ0n) is 15.4. The predicted molar refractivity (Wildman–Crippen MR) is 114 cm³/mol. The van der Waals surface area contributed by atoms with Crippen LogP contribution in [-0.2, 0) is 4.79 Å². The van der Waals surface area contributed by atoms with Crippen LogP contribution in [-0.4, -0.2) is 19.2 Å². The molecule has 0 aliphatic rings. The van der Waals surface area contributed by atoms with Crippen molar-refractivity contribution in [3.8, 4) is 0 Å². The van der Waals surface area contributed by atoms with Crippen molar-refractivity contribution in [3.63, 3.8) is 0 Å². The van der Waals surface area contributed by atoms with Crippen molar-refractivity contribution in [3.05, 3.63) is 84.4 Å². The first-order valence-corrected chi connectivity index (χ1v) is 8.92. The Morgan fingerprint density at radius 3 is 1.96 bits per heavy atom. The van der Waals surface area contributed by atoms with E-state index in [1.807, 2.05) is 30.5 Å². The maximum atomic E-state index is 11.5. The van der Waals surface area contributed by atoms with Crippen LogP contribution in [0.1, 0.15) is 12.5 Å². The van der Waals surface area contributed by atoms with Crippen molar-refractivity contribution < 1.29 is 4.79 Å². The van der Waals surface area contributed by atoms with Gasteiger partial charge in [0.05, 0.1) is 5.69 Å². The Hall–Kier alpha value is -3.46. The third kappa shape index (κ3) is 3.32. The third-order valence-corrected chi connectivity index (χ3v) is 4.86. The maximum absolute atomic E-state index is 11.5. The number of carbonyl (C=O) groups excluding carboxylic acids is 1. The molecule has 0 radical (unpaired) electrons. The smallest absolute Gasteiger partial charge is 0.223 e. The second-order valence-corrected chi connectivity index (χ2v) is 6.59. The van der Waals surface area contributed by atoms with Crippen molar-refractivity contribution in [2.24, 2.45) is 4.99 Å². The number of aliphatic imine (C=N–C) groups is 1. The highest BCUT2D eigenvalue weighted by Gasteiger charge is 2.06. The minimum absolute atomic E-state index is 0.00785. The number of nitrogens with zero attached hydrogens (tertiary/aromatic N) is 2. The molecular weight excluding hydrogens is 332 g/mol. The summed E-state index contributed by atoms with van der Waals surface area (Å²) in [7, 11) is 1.77. The van der Waals surface area contributed by atoms with Gasteiger partial charge in [-0.2, -0.15) is 0 Å². The maximum Gasteiger partial charge on any atom is 0.223 e. The van der Waals surface area contributed by atoms with Crippen molar-refractivity contribution in [2.75, 3.05) is 11.9 Å². The van der Waals surface area contributed by atoms with Gasteiger partial charge in [-0.3, -0.25) is 9.79 Å². The molecule has 132 valence electrons. The van der Waals surface area contributed by atoms with Crippen molar-refractivity contribution in [1.29, 1.82) is 0 Å². The molecular formula is C24H20N2O. The fourth-order valence-corrected chi connectivity index (χ4v) is 3.27. The minimum atomic E-state index is 0.00785. The summed E-state index contributed by atoms with van der Waals surface area (Å²) in [4.78, 5) is 17.8. The van der Waals surface area contributed by atoms with E-state index in [-0.39, 0.29) is 5.91 Å². The zero-order chi connectivity index (χ0) is 18.8. The Morgan fingerprint density at radius 2 is 1.41 bits per heavy atom. The Kier molecular flexibility index (Phi) is 4.43. The first-order chi connectivity index (χ1) is 13.1. The highest BCUT2D eigenvalue weighted by Crippen LogP contribution is 2.28. The molecule has 4 rings (SSSR count). The summed E-state index contributed by atoms with van der Waals surface area (Å²) in [5, 5.41) is 4.79. The monoisotopic (exact) mass is 352 g/mol. The van der Waals surface area contributed by atoms with Gasteiger partial charge in [-0.25, -0.2) is 0 Å². The van der Waals surface area contributed by atoms with Crippen LogP contribution < -0.4 is 4.90 Å². The average molecular weight is 352 g/mol. The number of carbonyl (C=O) groups is 1. The van der Waals surface area contributed by atoms with E-state index in [1.165, 1.54) is 21.5 Å². The molecule has 0 fully saturated rings. The van der Waals surface area contributed by atoms with Crippen LogP contribution in [0.5, 0.6) is 0 Å². The standard InChI is InChI=1S/C24H20N2O/c1-17(27)26(2)21-13-11-20(12-14-21)25-16-24-22-9-5-3-7-18(22)15-19-8-4-6-10-23(19)24/h3-16H,1-2H3. The van der Waals surface area contributed by atoms with Crippen molar-refractivity contribution >= 4 is 45.0 Å². The van der Waals surface area contributed by atoms with E-state index < -0.39 is 0 Å². The highest BCUT2D eigenvalue weighted by atomic mass is 16.2. The highest BCUT2D eigenvalue weighted by molar-refractivity contribution is 6.13. The molecule has 3 nitrogen and oxygen atoms in total.